The van der Waals surface area contributed by atoms with Crippen LogP contribution in [0.25, 0.3) is 0 Å². The molecule has 0 unspecified atom stereocenters. The van der Waals surface area contributed by atoms with E-state index in [2.05, 4.69) is 5.32 Å². The summed E-state index contributed by atoms with van der Waals surface area (Å²) in [5.41, 5.74) is 2.16. The highest BCUT2D eigenvalue weighted by atomic mass is 32.2. The summed E-state index contributed by atoms with van der Waals surface area (Å²) < 4.78 is 32.1. The van der Waals surface area contributed by atoms with E-state index in [4.69, 9.17) is 9.94 Å². The Morgan fingerprint density at radius 2 is 1.48 bits per heavy atom. The fraction of sp³-hybridized carbons (Fsp3) is 0.318. The summed E-state index contributed by atoms with van der Waals surface area (Å²) in [7, 11) is -2.80. The van der Waals surface area contributed by atoms with E-state index in [1.54, 1.807) is 11.5 Å². The van der Waals surface area contributed by atoms with Gasteiger partial charge in [0.2, 0.25) is 11.8 Å². The maximum atomic E-state index is 12.5. The molecule has 0 aromatic heterocycles. The van der Waals surface area contributed by atoms with Crippen molar-refractivity contribution in [3.63, 3.8) is 0 Å². The first-order valence-electron chi connectivity index (χ1n) is 10.3. The Morgan fingerprint density at radius 3 is 2.09 bits per heavy atom. The number of methoxy groups -OCH3 is 1. The molecule has 0 atom stereocenters. The molecule has 11 heteroatoms. The molecule has 33 heavy (non-hydrogen) atoms. The van der Waals surface area contributed by atoms with E-state index >= 15 is 0 Å². The van der Waals surface area contributed by atoms with Gasteiger partial charge in [0.05, 0.1) is 7.11 Å². The van der Waals surface area contributed by atoms with Crippen molar-refractivity contribution in [3.05, 3.63) is 54.1 Å². The van der Waals surface area contributed by atoms with E-state index in [0.717, 1.165) is 12.8 Å². The van der Waals surface area contributed by atoms with Gasteiger partial charge in [-0.2, -0.15) is 0 Å². The highest BCUT2D eigenvalue weighted by Crippen LogP contribution is 2.23. The Kier molecular flexibility index (Phi) is 9.83. The third kappa shape index (κ3) is 8.20. The number of hydrogen-bond acceptors (Lipinski definition) is 7. The van der Waals surface area contributed by atoms with Crippen molar-refractivity contribution in [2.24, 2.45) is 0 Å². The molecule has 10 nitrogen and oxygen atoms in total. The van der Waals surface area contributed by atoms with Crippen LogP contribution in [-0.4, -0.2) is 38.5 Å². The first-order chi connectivity index (χ1) is 15.8. The van der Waals surface area contributed by atoms with Crippen LogP contribution in [0.2, 0.25) is 0 Å². The molecule has 2 aromatic rings. The normalized spacial score (nSPS) is 10.8. The molecule has 4 N–H and O–H groups in total. The van der Waals surface area contributed by atoms with Crippen LogP contribution in [-0.2, 0) is 19.6 Å². The van der Waals surface area contributed by atoms with Gasteiger partial charge in [0.1, 0.15) is 10.6 Å². The fourth-order valence-corrected chi connectivity index (χ4v) is 4.13. The van der Waals surface area contributed by atoms with E-state index in [1.165, 1.54) is 49.6 Å². The second-order valence-corrected chi connectivity index (χ2v) is 8.81. The monoisotopic (exact) mass is 477 g/mol. The standard InChI is InChI=1S/C22H27N3O7S/c1-32-18-8-6-7-9-19(18)33(30,31)25-22(28)16-12-14-17(15-13-16)23-20(26)10-4-2-3-5-11-21(27)24-29/h6-9,12-15,29H,2-5,10-11H2,1H3,(H,23,26)(H,24,27)(H,25,28). The fourth-order valence-electron chi connectivity index (χ4n) is 2.99. The Bertz CT molecular complexity index is 1070. The van der Waals surface area contributed by atoms with Crippen molar-refractivity contribution in [2.75, 3.05) is 12.4 Å². The van der Waals surface area contributed by atoms with Crippen molar-refractivity contribution in [1.82, 2.24) is 10.2 Å². The second kappa shape index (κ2) is 12.6. The van der Waals surface area contributed by atoms with Crippen LogP contribution >= 0.6 is 0 Å². The Labute approximate surface area is 192 Å². The average molecular weight is 478 g/mol. The number of sulfonamides is 1. The lowest BCUT2D eigenvalue weighted by Gasteiger charge is -2.11. The number of unbranched alkanes of at least 4 members (excludes halogenated alkanes) is 3. The van der Waals surface area contributed by atoms with E-state index in [-0.39, 0.29) is 28.5 Å². The van der Waals surface area contributed by atoms with Gasteiger partial charge < -0.3 is 10.1 Å². The number of nitrogens with one attached hydrogen (secondary N) is 3. The molecule has 0 fully saturated rings. The third-order valence-corrected chi connectivity index (χ3v) is 6.07. The molecule has 0 saturated heterocycles. The molecule has 0 heterocycles. The van der Waals surface area contributed by atoms with Gasteiger partial charge >= 0.3 is 0 Å². The van der Waals surface area contributed by atoms with Crippen LogP contribution in [0.3, 0.4) is 0 Å². The molecule has 0 saturated carbocycles. The van der Waals surface area contributed by atoms with Gasteiger partial charge in [0, 0.05) is 24.1 Å². The number of rotatable bonds is 12. The quantitative estimate of drug-likeness (QED) is 0.208. The smallest absolute Gasteiger partial charge is 0.268 e. The van der Waals surface area contributed by atoms with E-state index in [1.807, 2.05) is 4.72 Å². The van der Waals surface area contributed by atoms with Crippen LogP contribution in [0.15, 0.2) is 53.4 Å². The van der Waals surface area contributed by atoms with Crippen molar-refractivity contribution >= 4 is 33.4 Å². The molecule has 0 aliphatic heterocycles. The summed E-state index contributed by atoms with van der Waals surface area (Å²) in [4.78, 5) is 35.2. The molecule has 178 valence electrons. The zero-order valence-electron chi connectivity index (χ0n) is 18.2. The van der Waals surface area contributed by atoms with Crippen molar-refractivity contribution < 1.29 is 32.7 Å². The topological polar surface area (TPSA) is 151 Å². The summed E-state index contributed by atoms with van der Waals surface area (Å²) in [6.07, 6.45) is 3.35. The highest BCUT2D eigenvalue weighted by molar-refractivity contribution is 7.90. The van der Waals surface area contributed by atoms with E-state index in [9.17, 15) is 22.8 Å². The third-order valence-electron chi connectivity index (χ3n) is 4.70. The van der Waals surface area contributed by atoms with Gasteiger partial charge in [-0.15, -0.1) is 0 Å². The van der Waals surface area contributed by atoms with Crippen LogP contribution in [0.4, 0.5) is 5.69 Å². The summed E-state index contributed by atoms with van der Waals surface area (Å²) in [6.45, 7) is 0. The van der Waals surface area contributed by atoms with Gasteiger partial charge in [0.15, 0.2) is 0 Å². The SMILES string of the molecule is COc1ccccc1S(=O)(=O)NC(=O)c1ccc(NC(=O)CCCCCCC(=O)NO)cc1. The summed E-state index contributed by atoms with van der Waals surface area (Å²) in [5.74, 6) is -1.32. The maximum Gasteiger partial charge on any atom is 0.268 e. The largest absolute Gasteiger partial charge is 0.495 e. The lowest BCUT2D eigenvalue weighted by atomic mass is 10.1. The number of hydrogen-bond donors (Lipinski definition) is 4. The number of ether oxygens (including phenoxy) is 1. The Morgan fingerprint density at radius 1 is 0.879 bits per heavy atom. The number of para-hydroxylation sites is 1. The summed E-state index contributed by atoms with van der Waals surface area (Å²) in [5, 5.41) is 11.1. The molecule has 0 radical (unpaired) electrons. The van der Waals surface area contributed by atoms with Gasteiger partial charge in [-0.25, -0.2) is 18.6 Å². The molecule has 3 amide bonds. The van der Waals surface area contributed by atoms with E-state index < -0.39 is 21.8 Å². The Hall–Kier alpha value is -3.44. The molecule has 0 aliphatic carbocycles. The number of amides is 3. The lowest BCUT2D eigenvalue weighted by Crippen LogP contribution is -2.30. The molecule has 2 rings (SSSR count). The van der Waals surface area contributed by atoms with Gasteiger partial charge in [-0.05, 0) is 49.2 Å². The number of anilines is 1. The van der Waals surface area contributed by atoms with Gasteiger partial charge in [0.25, 0.3) is 15.9 Å². The number of hydroxylamine groups is 1. The minimum Gasteiger partial charge on any atom is -0.495 e. The number of benzene rings is 2. The second-order valence-electron chi connectivity index (χ2n) is 7.16. The summed E-state index contributed by atoms with van der Waals surface area (Å²) in [6, 6.07) is 11.8. The van der Waals surface area contributed by atoms with Crippen LogP contribution < -0.4 is 20.3 Å². The predicted molar refractivity (Wildman–Crippen MR) is 120 cm³/mol. The highest BCUT2D eigenvalue weighted by Gasteiger charge is 2.22. The van der Waals surface area contributed by atoms with Crippen molar-refractivity contribution in [1.29, 1.82) is 0 Å². The zero-order chi connectivity index (χ0) is 24.3. The first-order valence-corrected chi connectivity index (χ1v) is 11.8. The summed E-state index contributed by atoms with van der Waals surface area (Å²) >= 11 is 0. The molecular weight excluding hydrogens is 450 g/mol. The minimum absolute atomic E-state index is 0.110. The van der Waals surface area contributed by atoms with Gasteiger partial charge in [-0.3, -0.25) is 19.6 Å². The molecular formula is C22H27N3O7S. The zero-order valence-corrected chi connectivity index (χ0v) is 19.0. The molecule has 2 aromatic carbocycles. The molecule has 0 spiro atoms. The van der Waals surface area contributed by atoms with Crippen LogP contribution in [0, 0.1) is 0 Å². The van der Waals surface area contributed by atoms with Crippen molar-refractivity contribution in [2.45, 2.75) is 43.4 Å². The minimum atomic E-state index is -4.13. The maximum absolute atomic E-state index is 12.5. The van der Waals surface area contributed by atoms with Crippen LogP contribution in [0.5, 0.6) is 5.75 Å². The predicted octanol–water partition coefficient (Wildman–Crippen LogP) is 2.60. The average Bonchev–Trinajstić information content (AvgIpc) is 2.81. The van der Waals surface area contributed by atoms with Crippen LogP contribution in [0.1, 0.15) is 48.9 Å². The molecule has 0 aliphatic rings. The number of carbonyl (C=O) groups is 3. The number of carbonyl (C=O) groups excluding carboxylic acids is 3. The van der Waals surface area contributed by atoms with Gasteiger partial charge in [-0.1, -0.05) is 25.0 Å². The van der Waals surface area contributed by atoms with Crippen molar-refractivity contribution in [3.8, 4) is 5.75 Å². The first kappa shape index (κ1) is 25.8. The lowest BCUT2D eigenvalue weighted by molar-refractivity contribution is -0.129. The molecule has 0 bridgehead atoms. The van der Waals surface area contributed by atoms with E-state index in [0.29, 0.717) is 24.9 Å². The Balaban J connectivity index is 1.83.